The quantitative estimate of drug-likeness (QED) is 0.490. The fourth-order valence-corrected chi connectivity index (χ4v) is 1.21. The molecule has 1 amide bonds. The van der Waals surface area contributed by atoms with Crippen molar-refractivity contribution in [2.45, 2.75) is 13.3 Å². The molecule has 106 valence electrons. The van der Waals surface area contributed by atoms with Crippen LogP contribution in [0.25, 0.3) is 0 Å². The van der Waals surface area contributed by atoms with Gasteiger partial charge < -0.3 is 15.8 Å². The van der Waals surface area contributed by atoms with Crippen LogP contribution in [0.1, 0.15) is 13.3 Å². The molecule has 0 aromatic heterocycles. The molecule has 0 aliphatic carbocycles. The van der Waals surface area contributed by atoms with Gasteiger partial charge in [-0.15, -0.1) is 0 Å². The van der Waals surface area contributed by atoms with Gasteiger partial charge in [0.25, 0.3) is 5.91 Å². The second-order valence-corrected chi connectivity index (χ2v) is 3.64. The highest BCUT2D eigenvalue weighted by Crippen LogP contribution is 2.31. The topological polar surface area (TPSA) is 64.3 Å². The largest absolute Gasteiger partial charge is 0.477 e. The average Bonchev–Trinajstić information content (AvgIpc) is 2.40. The Morgan fingerprint density at radius 3 is 2.16 bits per heavy atom. The van der Waals surface area contributed by atoms with Crippen LogP contribution in [0.15, 0.2) is 0 Å². The summed E-state index contributed by atoms with van der Waals surface area (Å²) in [5, 5.41) is 2.36. The molecule has 0 atom stereocenters. The minimum absolute atomic E-state index is 0.345. The summed E-state index contributed by atoms with van der Waals surface area (Å²) in [4.78, 5) is 11.1. The number of nitrogens with two attached hydrogens (primary N) is 1. The van der Waals surface area contributed by atoms with Gasteiger partial charge in [0.15, 0.2) is 24.0 Å². The Balaban J connectivity index is 2.87. The Labute approximate surface area is 106 Å². The molecular weight excluding hydrogens is 268 g/mol. The third kappa shape index (κ3) is 3.27. The highest BCUT2D eigenvalue weighted by Gasteiger charge is 2.25. The number of nitrogens with one attached hydrogen (secondary N) is 1. The number of halogens is 4. The molecule has 0 bridgehead atoms. The highest BCUT2D eigenvalue weighted by molar-refractivity contribution is 5.77. The zero-order chi connectivity index (χ0) is 14.6. The first kappa shape index (κ1) is 15.1. The van der Waals surface area contributed by atoms with Crippen LogP contribution in [0.4, 0.5) is 23.2 Å². The first-order valence-corrected chi connectivity index (χ1v) is 5.41. The van der Waals surface area contributed by atoms with Crippen molar-refractivity contribution < 1.29 is 27.1 Å². The van der Waals surface area contributed by atoms with E-state index in [4.69, 9.17) is 5.73 Å². The number of benzene rings is 1. The zero-order valence-electron chi connectivity index (χ0n) is 10.0. The highest BCUT2D eigenvalue weighted by atomic mass is 19.2. The summed E-state index contributed by atoms with van der Waals surface area (Å²) in [6.07, 6.45) is 0.652. The van der Waals surface area contributed by atoms with Crippen molar-refractivity contribution in [3.8, 4) is 5.75 Å². The van der Waals surface area contributed by atoms with Gasteiger partial charge >= 0.3 is 0 Å². The number of amides is 1. The average molecular weight is 280 g/mol. The predicted molar refractivity (Wildman–Crippen MR) is 59.5 cm³/mol. The molecule has 4 nitrogen and oxygen atoms in total. The number of carbonyl (C=O) groups is 1. The Hall–Kier alpha value is -1.99. The van der Waals surface area contributed by atoms with E-state index in [0.717, 1.165) is 0 Å². The molecule has 19 heavy (non-hydrogen) atoms. The van der Waals surface area contributed by atoms with Crippen LogP contribution in [0.3, 0.4) is 0 Å². The van der Waals surface area contributed by atoms with Crippen LogP contribution in [-0.2, 0) is 4.79 Å². The lowest BCUT2D eigenvalue weighted by atomic mass is 10.2. The van der Waals surface area contributed by atoms with E-state index in [2.05, 4.69) is 10.1 Å². The number of anilines is 1. The number of ether oxygens (including phenoxy) is 1. The minimum Gasteiger partial charge on any atom is -0.477 e. The van der Waals surface area contributed by atoms with E-state index in [-0.39, 0.29) is 0 Å². The van der Waals surface area contributed by atoms with Crippen molar-refractivity contribution >= 4 is 11.6 Å². The summed E-state index contributed by atoms with van der Waals surface area (Å²) in [5.41, 5.74) is 3.53. The van der Waals surface area contributed by atoms with Crippen molar-refractivity contribution in [2.75, 3.05) is 18.9 Å². The Kier molecular flexibility index (Phi) is 4.96. The maximum Gasteiger partial charge on any atom is 0.257 e. The van der Waals surface area contributed by atoms with E-state index in [1.807, 2.05) is 0 Å². The maximum absolute atomic E-state index is 13.3. The number of rotatable bonds is 5. The molecule has 0 saturated carbocycles. The normalized spacial score (nSPS) is 10.4. The Morgan fingerprint density at radius 1 is 1.16 bits per heavy atom. The molecule has 0 radical (unpaired) electrons. The second-order valence-electron chi connectivity index (χ2n) is 3.64. The third-order valence-corrected chi connectivity index (χ3v) is 2.18. The van der Waals surface area contributed by atoms with E-state index in [1.165, 1.54) is 0 Å². The van der Waals surface area contributed by atoms with Crippen LogP contribution in [-0.4, -0.2) is 19.1 Å². The first-order valence-electron chi connectivity index (χ1n) is 5.41. The molecule has 1 aromatic rings. The molecule has 3 N–H and O–H groups in total. The van der Waals surface area contributed by atoms with Crippen LogP contribution >= 0.6 is 0 Å². The van der Waals surface area contributed by atoms with E-state index in [9.17, 15) is 22.4 Å². The van der Waals surface area contributed by atoms with Crippen molar-refractivity contribution in [1.82, 2.24) is 5.32 Å². The van der Waals surface area contributed by atoms with Crippen LogP contribution in [0.5, 0.6) is 5.75 Å². The lowest BCUT2D eigenvalue weighted by Crippen LogP contribution is -2.29. The van der Waals surface area contributed by atoms with Gasteiger partial charge in [0, 0.05) is 6.54 Å². The Bertz CT molecular complexity index is 465. The van der Waals surface area contributed by atoms with Gasteiger partial charge in [-0.25, -0.2) is 8.78 Å². The van der Waals surface area contributed by atoms with Crippen molar-refractivity contribution in [3.05, 3.63) is 23.3 Å². The van der Waals surface area contributed by atoms with E-state index >= 15 is 0 Å². The monoisotopic (exact) mass is 280 g/mol. The standard InChI is InChI=1S/C11H12F4N2O2/c1-2-3-17-5(18)4-19-11-8(14)6(12)10(16)7(13)9(11)15/h2-4,16H2,1H3,(H,17,18). The summed E-state index contributed by atoms with van der Waals surface area (Å²) < 4.78 is 57.2. The summed E-state index contributed by atoms with van der Waals surface area (Å²) in [6.45, 7) is 1.37. The molecule has 0 aliphatic heterocycles. The van der Waals surface area contributed by atoms with Gasteiger partial charge in [0.1, 0.15) is 5.69 Å². The molecular formula is C11H12F4N2O2. The number of carbonyl (C=O) groups excluding carboxylic acids is 1. The molecule has 1 aromatic carbocycles. The molecule has 0 heterocycles. The molecule has 0 aliphatic rings. The lowest BCUT2D eigenvalue weighted by Gasteiger charge is -2.11. The molecule has 0 saturated heterocycles. The van der Waals surface area contributed by atoms with Crippen molar-refractivity contribution in [2.24, 2.45) is 0 Å². The second kappa shape index (κ2) is 6.26. The molecule has 1 rings (SSSR count). The number of hydrogen-bond acceptors (Lipinski definition) is 3. The fraction of sp³-hybridized carbons (Fsp3) is 0.364. The van der Waals surface area contributed by atoms with Crippen LogP contribution < -0.4 is 15.8 Å². The Morgan fingerprint density at radius 2 is 1.68 bits per heavy atom. The summed E-state index contributed by atoms with van der Waals surface area (Å²) in [7, 11) is 0. The van der Waals surface area contributed by atoms with Gasteiger partial charge in [-0.3, -0.25) is 4.79 Å². The van der Waals surface area contributed by atoms with Gasteiger partial charge in [-0.1, -0.05) is 6.92 Å². The van der Waals surface area contributed by atoms with Crippen LogP contribution in [0.2, 0.25) is 0 Å². The number of hydrogen-bond donors (Lipinski definition) is 2. The maximum atomic E-state index is 13.3. The van der Waals surface area contributed by atoms with Gasteiger partial charge in [0.05, 0.1) is 0 Å². The SMILES string of the molecule is CCCNC(=O)COc1c(F)c(F)c(N)c(F)c1F. The summed E-state index contributed by atoms with van der Waals surface area (Å²) >= 11 is 0. The molecule has 0 unspecified atom stereocenters. The number of nitrogen functional groups attached to an aromatic ring is 1. The first-order chi connectivity index (χ1) is 8.90. The summed E-state index contributed by atoms with van der Waals surface area (Å²) in [5.74, 6) is -9.06. The van der Waals surface area contributed by atoms with Gasteiger partial charge in [-0.2, -0.15) is 8.78 Å². The van der Waals surface area contributed by atoms with Gasteiger partial charge in [0.2, 0.25) is 11.6 Å². The minimum atomic E-state index is -1.78. The van der Waals surface area contributed by atoms with Crippen LogP contribution in [0, 0.1) is 23.3 Å². The summed E-state index contributed by atoms with van der Waals surface area (Å²) in [6, 6.07) is 0. The van der Waals surface area contributed by atoms with E-state index < -0.39 is 47.2 Å². The molecule has 0 fully saturated rings. The fourth-order valence-electron chi connectivity index (χ4n) is 1.21. The predicted octanol–water partition coefficient (Wildman–Crippen LogP) is 1.73. The van der Waals surface area contributed by atoms with E-state index in [0.29, 0.717) is 13.0 Å². The third-order valence-electron chi connectivity index (χ3n) is 2.18. The zero-order valence-corrected chi connectivity index (χ0v) is 10.0. The lowest BCUT2D eigenvalue weighted by molar-refractivity contribution is -0.123. The van der Waals surface area contributed by atoms with Gasteiger partial charge in [-0.05, 0) is 6.42 Å². The smallest absolute Gasteiger partial charge is 0.257 e. The van der Waals surface area contributed by atoms with Crippen molar-refractivity contribution in [1.29, 1.82) is 0 Å². The van der Waals surface area contributed by atoms with E-state index in [1.54, 1.807) is 6.92 Å². The van der Waals surface area contributed by atoms with Crippen molar-refractivity contribution in [3.63, 3.8) is 0 Å². The molecule has 0 spiro atoms. The molecule has 8 heteroatoms.